The second-order valence-corrected chi connectivity index (χ2v) is 7.86. The van der Waals surface area contributed by atoms with Crippen molar-refractivity contribution < 1.29 is 19.4 Å². The lowest BCUT2D eigenvalue weighted by atomic mass is 10.1. The van der Waals surface area contributed by atoms with E-state index in [1.54, 1.807) is 29.8 Å². The molecule has 1 N–H and O–H groups in total. The number of amides is 1. The fourth-order valence-corrected chi connectivity index (χ4v) is 3.79. The second-order valence-electron chi connectivity index (χ2n) is 6.03. The summed E-state index contributed by atoms with van der Waals surface area (Å²) in [5.74, 6) is 0.254. The van der Waals surface area contributed by atoms with Crippen molar-refractivity contribution in [2.45, 2.75) is 6.92 Å². The zero-order valence-corrected chi connectivity index (χ0v) is 18.5. The van der Waals surface area contributed by atoms with E-state index in [0.29, 0.717) is 16.9 Å². The largest absolute Gasteiger partial charge is 0.493 e. The summed E-state index contributed by atoms with van der Waals surface area (Å²) < 4.78 is 14.0. The molecule has 9 heteroatoms. The molecule has 0 aliphatic carbocycles. The number of aryl methyl sites for hydroxylation is 2. The average Bonchev–Trinajstić information content (AvgIpc) is 2.89. The molecule has 0 spiro atoms. The van der Waals surface area contributed by atoms with Crippen LogP contribution in [0, 0.1) is 6.92 Å². The number of ether oxygens (including phenoxy) is 2. The zero-order chi connectivity index (χ0) is 20.4. The van der Waals surface area contributed by atoms with Crippen molar-refractivity contribution in [3.05, 3.63) is 44.8 Å². The van der Waals surface area contributed by atoms with Gasteiger partial charge in [-0.25, -0.2) is 0 Å². The molecule has 0 fully saturated rings. The molecular formula is C19H17Br2N3O4. The molecule has 0 atom stereocenters. The average molecular weight is 511 g/mol. The fraction of sp³-hybridized carbons (Fsp3) is 0.211. The van der Waals surface area contributed by atoms with Gasteiger partial charge in [-0.3, -0.25) is 4.79 Å². The number of hydrogen-bond acceptors (Lipinski definition) is 5. The summed E-state index contributed by atoms with van der Waals surface area (Å²) in [6.45, 7) is 1.62. The van der Waals surface area contributed by atoms with Crippen LogP contribution in [0.2, 0.25) is 0 Å². The van der Waals surface area contributed by atoms with Crippen molar-refractivity contribution in [2.75, 3.05) is 13.7 Å². The molecule has 1 aromatic heterocycles. The summed E-state index contributed by atoms with van der Waals surface area (Å²) in [6, 6.07) is 8.95. The monoisotopic (exact) mass is 509 g/mol. The maximum absolute atomic E-state index is 12.1. The van der Waals surface area contributed by atoms with Gasteiger partial charge >= 0.3 is 5.91 Å². The summed E-state index contributed by atoms with van der Waals surface area (Å²) >= 11 is 6.78. The first-order valence-electron chi connectivity index (χ1n) is 8.20. The van der Waals surface area contributed by atoms with Crippen LogP contribution in [0.4, 0.5) is 5.69 Å². The number of methoxy groups -OCH3 is 1. The first kappa shape index (κ1) is 20.3. The Morgan fingerprint density at radius 3 is 2.64 bits per heavy atom. The number of aromatic hydroxyl groups is 1. The third kappa shape index (κ3) is 4.05. The number of carbonyl (C=O) groups is 1. The van der Waals surface area contributed by atoms with Crippen LogP contribution in [0.25, 0.3) is 10.9 Å². The summed E-state index contributed by atoms with van der Waals surface area (Å²) in [5, 5.41) is 18.7. The summed E-state index contributed by atoms with van der Waals surface area (Å²) in [7, 11) is 3.24. The molecule has 146 valence electrons. The van der Waals surface area contributed by atoms with E-state index >= 15 is 0 Å². The van der Waals surface area contributed by atoms with Crippen LogP contribution in [-0.2, 0) is 11.8 Å². The number of azo groups is 1. The third-order valence-corrected chi connectivity index (χ3v) is 5.07. The lowest BCUT2D eigenvalue weighted by Crippen LogP contribution is -2.08. The predicted molar refractivity (Wildman–Crippen MR) is 113 cm³/mol. The zero-order valence-electron chi connectivity index (χ0n) is 15.4. The van der Waals surface area contributed by atoms with Gasteiger partial charge in [0.25, 0.3) is 0 Å². The number of aromatic nitrogens is 1. The van der Waals surface area contributed by atoms with Crippen molar-refractivity contribution in [3.8, 4) is 17.4 Å². The minimum absolute atomic E-state index is 0.0664. The van der Waals surface area contributed by atoms with Crippen LogP contribution in [-0.4, -0.2) is 29.3 Å². The molecule has 1 amide bonds. The first-order valence-corrected chi connectivity index (χ1v) is 9.78. The highest BCUT2D eigenvalue weighted by Gasteiger charge is 2.17. The highest BCUT2D eigenvalue weighted by molar-refractivity contribution is 9.10. The maximum Gasteiger partial charge on any atom is 0.302 e. The number of hydrogen-bond donors (Lipinski definition) is 1. The standard InChI is InChI=1S/C19H17Br2N3O4/c1-10-6-12(21)7-13-17(19(26)24(2)18(10)13)23-22-16(25)9-28-14-5-4-11(20)8-15(14)27-3/h4-8,26H,9H2,1-3H3. The molecule has 0 radical (unpaired) electrons. The molecule has 0 bridgehead atoms. The van der Waals surface area contributed by atoms with Crippen molar-refractivity contribution in [3.63, 3.8) is 0 Å². The van der Waals surface area contributed by atoms with Crippen molar-refractivity contribution in [1.29, 1.82) is 0 Å². The highest BCUT2D eigenvalue weighted by atomic mass is 79.9. The minimum Gasteiger partial charge on any atom is -0.493 e. The van der Waals surface area contributed by atoms with E-state index in [2.05, 4.69) is 42.1 Å². The summed E-state index contributed by atoms with van der Waals surface area (Å²) in [6.07, 6.45) is 0. The van der Waals surface area contributed by atoms with Crippen LogP contribution >= 0.6 is 31.9 Å². The van der Waals surface area contributed by atoms with Gasteiger partial charge in [-0.2, -0.15) is 0 Å². The Hall–Kier alpha value is -2.39. The molecule has 3 aromatic rings. The van der Waals surface area contributed by atoms with Gasteiger partial charge in [0, 0.05) is 21.4 Å². The van der Waals surface area contributed by atoms with Gasteiger partial charge in [0.05, 0.1) is 12.6 Å². The van der Waals surface area contributed by atoms with E-state index in [-0.39, 0.29) is 18.2 Å². The molecule has 2 aromatic carbocycles. The van der Waals surface area contributed by atoms with E-state index < -0.39 is 5.91 Å². The molecule has 0 unspecified atom stereocenters. The van der Waals surface area contributed by atoms with E-state index in [4.69, 9.17) is 9.47 Å². The van der Waals surface area contributed by atoms with Gasteiger partial charge in [0.15, 0.2) is 23.8 Å². The quantitative estimate of drug-likeness (QED) is 0.464. The Labute approximate surface area is 178 Å². The topological polar surface area (TPSA) is 85.4 Å². The Bertz CT molecular complexity index is 1090. The van der Waals surface area contributed by atoms with Crippen LogP contribution in [0.3, 0.4) is 0 Å². The van der Waals surface area contributed by atoms with Crippen LogP contribution < -0.4 is 9.47 Å². The van der Waals surface area contributed by atoms with Gasteiger partial charge in [0.2, 0.25) is 5.88 Å². The summed E-state index contributed by atoms with van der Waals surface area (Å²) in [4.78, 5) is 12.1. The van der Waals surface area contributed by atoms with Crippen molar-refractivity contribution in [1.82, 2.24) is 4.57 Å². The number of rotatable bonds is 5. The Morgan fingerprint density at radius 2 is 1.93 bits per heavy atom. The van der Waals surface area contributed by atoms with Gasteiger partial charge < -0.3 is 19.1 Å². The van der Waals surface area contributed by atoms with E-state index in [9.17, 15) is 9.90 Å². The Balaban J connectivity index is 1.81. The lowest BCUT2D eigenvalue weighted by Gasteiger charge is -2.09. The number of nitrogens with zero attached hydrogens (tertiary/aromatic N) is 3. The predicted octanol–water partition coefficient (Wildman–Crippen LogP) is 5.42. The van der Waals surface area contributed by atoms with Crippen LogP contribution in [0.1, 0.15) is 5.56 Å². The second kappa shape index (κ2) is 8.32. The van der Waals surface area contributed by atoms with E-state index in [1.165, 1.54) is 7.11 Å². The Morgan fingerprint density at radius 1 is 1.18 bits per heavy atom. The molecule has 7 nitrogen and oxygen atoms in total. The third-order valence-electron chi connectivity index (χ3n) is 4.12. The molecular weight excluding hydrogens is 494 g/mol. The SMILES string of the molecule is COc1cc(Br)ccc1OCC(=O)N=Nc1c(O)n(C)c2c(C)cc(Br)cc12. The molecule has 3 rings (SSSR count). The molecule has 0 aliphatic heterocycles. The smallest absolute Gasteiger partial charge is 0.302 e. The molecule has 0 saturated carbocycles. The van der Waals surface area contributed by atoms with E-state index in [1.807, 2.05) is 19.1 Å². The van der Waals surface area contributed by atoms with Crippen LogP contribution in [0.5, 0.6) is 17.4 Å². The number of halogens is 2. The summed E-state index contributed by atoms with van der Waals surface area (Å²) in [5.41, 5.74) is 2.01. The van der Waals surface area contributed by atoms with Gasteiger partial charge in [-0.1, -0.05) is 31.9 Å². The molecule has 0 aliphatic rings. The van der Waals surface area contributed by atoms with Gasteiger partial charge in [-0.05, 0) is 42.8 Å². The fourth-order valence-electron chi connectivity index (χ4n) is 2.88. The highest BCUT2D eigenvalue weighted by Crippen LogP contribution is 2.40. The van der Waals surface area contributed by atoms with Gasteiger partial charge in [0.1, 0.15) is 0 Å². The molecule has 28 heavy (non-hydrogen) atoms. The number of fused-ring (bicyclic) bond motifs is 1. The molecule has 0 saturated heterocycles. The molecule has 1 heterocycles. The lowest BCUT2D eigenvalue weighted by molar-refractivity contribution is -0.120. The van der Waals surface area contributed by atoms with E-state index in [0.717, 1.165) is 20.0 Å². The minimum atomic E-state index is -0.590. The van der Waals surface area contributed by atoms with Crippen molar-refractivity contribution >= 4 is 54.4 Å². The van der Waals surface area contributed by atoms with Gasteiger partial charge in [-0.15, -0.1) is 10.2 Å². The Kier molecular flexibility index (Phi) is 6.04. The first-order chi connectivity index (χ1) is 13.3. The van der Waals surface area contributed by atoms with Crippen LogP contribution in [0.15, 0.2) is 49.5 Å². The maximum atomic E-state index is 12.1. The van der Waals surface area contributed by atoms with Crippen molar-refractivity contribution in [2.24, 2.45) is 17.3 Å². The number of benzene rings is 2. The normalized spacial score (nSPS) is 11.3. The number of carbonyl (C=O) groups excluding carboxylic acids is 1.